The van der Waals surface area contributed by atoms with Crippen LogP contribution in [0.3, 0.4) is 0 Å². The smallest absolute Gasteiger partial charge is 0.269 e. The second-order valence-electron chi connectivity index (χ2n) is 7.86. The van der Waals surface area contributed by atoms with Crippen molar-refractivity contribution in [3.8, 4) is 6.07 Å². The van der Waals surface area contributed by atoms with Crippen molar-refractivity contribution in [2.24, 2.45) is 5.92 Å². The van der Waals surface area contributed by atoms with Gasteiger partial charge in [0.25, 0.3) is 5.91 Å². The molecule has 0 radical (unpaired) electrons. The van der Waals surface area contributed by atoms with Crippen molar-refractivity contribution in [2.75, 3.05) is 17.3 Å². The summed E-state index contributed by atoms with van der Waals surface area (Å²) in [5.74, 6) is 0.764. The summed E-state index contributed by atoms with van der Waals surface area (Å²) in [6.07, 6.45) is 5.04. The Labute approximate surface area is 185 Å². The molecule has 3 aromatic heterocycles. The van der Waals surface area contributed by atoms with E-state index in [1.165, 1.54) is 4.90 Å². The summed E-state index contributed by atoms with van der Waals surface area (Å²) >= 11 is 0. The summed E-state index contributed by atoms with van der Waals surface area (Å²) in [5.41, 5.74) is 4.12. The van der Waals surface area contributed by atoms with Crippen molar-refractivity contribution in [1.82, 2.24) is 19.4 Å². The molecule has 0 fully saturated rings. The molecule has 3 heterocycles. The highest BCUT2D eigenvalue weighted by atomic mass is 16.2. The number of para-hydroxylation sites is 1. The molecular formula is C24H23N7O. The maximum Gasteiger partial charge on any atom is 0.269 e. The predicted molar refractivity (Wildman–Crippen MR) is 125 cm³/mol. The van der Waals surface area contributed by atoms with E-state index >= 15 is 0 Å². The Morgan fingerprint density at radius 2 is 2.00 bits per heavy atom. The highest BCUT2D eigenvalue weighted by Crippen LogP contribution is 2.26. The lowest BCUT2D eigenvalue weighted by molar-refractivity contribution is -0.114. The van der Waals surface area contributed by atoms with Gasteiger partial charge in [-0.2, -0.15) is 5.26 Å². The Morgan fingerprint density at radius 1 is 1.22 bits per heavy atom. The molecule has 0 bridgehead atoms. The number of nitrogens with zero attached hydrogens (tertiary/aromatic N) is 6. The number of rotatable bonds is 5. The van der Waals surface area contributed by atoms with E-state index in [2.05, 4.69) is 15.3 Å². The number of anilines is 3. The molecule has 0 aliphatic carbocycles. The summed E-state index contributed by atoms with van der Waals surface area (Å²) in [6.45, 7) is 5.87. The molecule has 0 saturated carbocycles. The van der Waals surface area contributed by atoms with E-state index in [4.69, 9.17) is 4.98 Å². The highest BCUT2D eigenvalue weighted by molar-refractivity contribution is 6.07. The van der Waals surface area contributed by atoms with E-state index in [1.807, 2.05) is 61.6 Å². The van der Waals surface area contributed by atoms with Gasteiger partial charge in [0.2, 0.25) is 0 Å². The van der Waals surface area contributed by atoms with Crippen LogP contribution in [0.15, 0.2) is 60.6 Å². The van der Waals surface area contributed by atoms with Gasteiger partial charge < -0.3 is 5.32 Å². The van der Waals surface area contributed by atoms with Crippen LogP contribution in [0.5, 0.6) is 0 Å². The summed E-state index contributed by atoms with van der Waals surface area (Å²) in [4.78, 5) is 27.8. The number of hydrogen-bond donors (Lipinski definition) is 1. The molecule has 8 heteroatoms. The Bertz CT molecular complexity index is 1390. The van der Waals surface area contributed by atoms with Crippen molar-refractivity contribution in [3.05, 3.63) is 66.1 Å². The van der Waals surface area contributed by atoms with Gasteiger partial charge in [-0.15, -0.1) is 0 Å². The third kappa shape index (κ3) is 3.88. The third-order valence-corrected chi connectivity index (χ3v) is 5.08. The van der Waals surface area contributed by atoms with Gasteiger partial charge >= 0.3 is 0 Å². The highest BCUT2D eigenvalue weighted by Gasteiger charge is 2.19. The molecule has 1 amide bonds. The average Bonchev–Trinajstić information content (AvgIpc) is 3.28. The number of fused-ring (bicyclic) bond motifs is 3. The van der Waals surface area contributed by atoms with E-state index in [0.29, 0.717) is 22.8 Å². The van der Waals surface area contributed by atoms with Crippen molar-refractivity contribution in [2.45, 2.75) is 20.8 Å². The van der Waals surface area contributed by atoms with Crippen LogP contribution >= 0.6 is 0 Å². The number of benzene rings is 1. The van der Waals surface area contributed by atoms with Crippen molar-refractivity contribution in [3.63, 3.8) is 0 Å². The lowest BCUT2D eigenvalue weighted by Gasteiger charge is -2.17. The number of hydrogen-bond acceptors (Lipinski definition) is 6. The molecule has 4 rings (SSSR count). The van der Waals surface area contributed by atoms with Crippen molar-refractivity contribution < 1.29 is 4.79 Å². The van der Waals surface area contributed by atoms with Crippen molar-refractivity contribution >= 4 is 39.9 Å². The molecule has 1 aromatic carbocycles. The first-order valence-corrected chi connectivity index (χ1v) is 10.2. The first-order chi connectivity index (χ1) is 15.4. The largest absolute Gasteiger partial charge is 0.338 e. The van der Waals surface area contributed by atoms with Crippen LogP contribution in [0.2, 0.25) is 0 Å². The molecule has 0 spiro atoms. The quantitative estimate of drug-likeness (QED) is 0.376. The topological polar surface area (TPSA) is 99.2 Å². The monoisotopic (exact) mass is 425 g/mol. The lowest BCUT2D eigenvalue weighted by atomic mass is 10.1. The molecule has 0 saturated heterocycles. The standard InChI is InChI=1S/C24H23N7O/c1-15(2)11-17(12-25)24(32)30(4)21-10-9-19-23(29-21)31-14-26-13-20(31)22(28-19)27-18-8-6-5-7-16(18)3/h5-11,13-15H,1-4H3,(H,27,28)/b17-11+. The zero-order valence-corrected chi connectivity index (χ0v) is 18.4. The van der Waals surface area contributed by atoms with Crippen LogP contribution in [0.4, 0.5) is 17.3 Å². The van der Waals surface area contributed by atoms with Crippen LogP contribution in [-0.2, 0) is 4.79 Å². The normalized spacial score (nSPS) is 11.7. The molecule has 4 aromatic rings. The molecule has 1 N–H and O–H groups in total. The van der Waals surface area contributed by atoms with E-state index in [-0.39, 0.29) is 11.5 Å². The maximum absolute atomic E-state index is 12.8. The minimum Gasteiger partial charge on any atom is -0.338 e. The molecular weight excluding hydrogens is 402 g/mol. The van der Waals surface area contributed by atoms with Crippen LogP contribution in [0, 0.1) is 24.2 Å². The number of pyridine rings is 1. The minimum absolute atomic E-state index is 0.0838. The Hall–Kier alpha value is -4.25. The third-order valence-electron chi connectivity index (χ3n) is 5.08. The fourth-order valence-corrected chi connectivity index (χ4v) is 3.41. The number of carbonyl (C=O) groups excluding carboxylic acids is 1. The Morgan fingerprint density at radius 3 is 2.72 bits per heavy atom. The Balaban J connectivity index is 1.77. The number of likely N-dealkylation sites (N-methyl/N-ethyl adjacent to an activating group) is 1. The second-order valence-corrected chi connectivity index (χ2v) is 7.86. The first kappa shape index (κ1) is 21.0. The van der Waals surface area contributed by atoms with Gasteiger partial charge in [-0.3, -0.25) is 14.1 Å². The number of aromatic nitrogens is 4. The number of carbonyl (C=O) groups is 1. The van der Waals surface area contributed by atoms with Gasteiger partial charge in [0.1, 0.15) is 34.8 Å². The molecule has 0 aliphatic rings. The molecule has 0 atom stereocenters. The average molecular weight is 425 g/mol. The molecule has 8 nitrogen and oxygen atoms in total. The molecule has 160 valence electrons. The first-order valence-electron chi connectivity index (χ1n) is 10.2. The number of amides is 1. The second kappa shape index (κ2) is 8.47. The predicted octanol–water partition coefficient (Wildman–Crippen LogP) is 4.40. The van der Waals surface area contributed by atoms with Gasteiger partial charge in [-0.1, -0.05) is 38.1 Å². The molecule has 0 unspecified atom stereocenters. The SMILES string of the molecule is Cc1ccccc1Nc1nc2ccc(N(C)C(=O)/C(C#N)=C/C(C)C)nc2n2cncc12. The van der Waals surface area contributed by atoms with Gasteiger partial charge in [0, 0.05) is 12.7 Å². The van der Waals surface area contributed by atoms with Crippen LogP contribution < -0.4 is 10.2 Å². The number of nitrogens with one attached hydrogen (secondary N) is 1. The zero-order chi connectivity index (χ0) is 22.8. The summed E-state index contributed by atoms with van der Waals surface area (Å²) in [7, 11) is 1.61. The molecule has 32 heavy (non-hydrogen) atoms. The molecule has 0 aliphatic heterocycles. The maximum atomic E-state index is 12.8. The van der Waals surface area contributed by atoms with E-state index in [1.54, 1.807) is 31.7 Å². The van der Waals surface area contributed by atoms with Gasteiger partial charge in [0.05, 0.1) is 6.20 Å². The van der Waals surface area contributed by atoms with Crippen LogP contribution in [0.25, 0.3) is 16.7 Å². The fourth-order valence-electron chi connectivity index (χ4n) is 3.41. The zero-order valence-electron chi connectivity index (χ0n) is 18.4. The van der Waals surface area contributed by atoms with Gasteiger partial charge in [-0.05, 0) is 36.6 Å². The minimum atomic E-state index is -0.402. The van der Waals surface area contributed by atoms with Crippen molar-refractivity contribution in [1.29, 1.82) is 5.26 Å². The van der Waals surface area contributed by atoms with Gasteiger partial charge in [-0.25, -0.2) is 15.0 Å². The van der Waals surface area contributed by atoms with E-state index < -0.39 is 5.91 Å². The number of allylic oxidation sites excluding steroid dienone is 1. The summed E-state index contributed by atoms with van der Waals surface area (Å²) in [6, 6.07) is 13.5. The summed E-state index contributed by atoms with van der Waals surface area (Å²) < 4.78 is 1.83. The number of aryl methyl sites for hydroxylation is 1. The fraction of sp³-hybridized carbons (Fsp3) is 0.208. The van der Waals surface area contributed by atoms with Gasteiger partial charge in [0.15, 0.2) is 11.5 Å². The Kier molecular flexibility index (Phi) is 5.56. The van der Waals surface area contributed by atoms with Crippen LogP contribution in [-0.4, -0.2) is 32.3 Å². The number of nitriles is 1. The summed E-state index contributed by atoms with van der Waals surface area (Å²) in [5, 5.41) is 12.8. The lowest BCUT2D eigenvalue weighted by Crippen LogP contribution is -2.28. The number of imidazole rings is 1. The van der Waals surface area contributed by atoms with E-state index in [0.717, 1.165) is 16.8 Å². The van der Waals surface area contributed by atoms with Crippen LogP contribution in [0.1, 0.15) is 19.4 Å². The van der Waals surface area contributed by atoms with E-state index in [9.17, 15) is 10.1 Å².